The molecule has 1 aliphatic carbocycles. The average molecular weight is 419 g/mol. The molecule has 1 fully saturated rings. The lowest BCUT2D eigenvalue weighted by atomic mass is 9.78. The van der Waals surface area contributed by atoms with Gasteiger partial charge in [-0.2, -0.15) is 5.10 Å². The van der Waals surface area contributed by atoms with Crippen LogP contribution in [0.25, 0.3) is 11.1 Å². The first-order valence-electron chi connectivity index (χ1n) is 10.2. The van der Waals surface area contributed by atoms with Crippen molar-refractivity contribution in [3.63, 3.8) is 0 Å². The number of hydrogen-bond acceptors (Lipinski definition) is 4. The van der Waals surface area contributed by atoms with Crippen LogP contribution in [0.1, 0.15) is 36.9 Å². The molecule has 0 aliphatic heterocycles. The minimum Gasteiger partial charge on any atom is -0.503 e. The largest absolute Gasteiger partial charge is 0.503 e. The van der Waals surface area contributed by atoms with Gasteiger partial charge in [-0.05, 0) is 29.5 Å². The summed E-state index contributed by atoms with van der Waals surface area (Å²) in [4.78, 5) is 16.3. The molecule has 3 aromatic rings. The van der Waals surface area contributed by atoms with E-state index in [0.717, 1.165) is 25.7 Å². The van der Waals surface area contributed by atoms with Crippen molar-refractivity contribution in [2.45, 2.75) is 37.6 Å². The van der Waals surface area contributed by atoms with Crippen LogP contribution in [0.15, 0.2) is 70.6 Å². The minimum absolute atomic E-state index is 0.0824. The highest BCUT2D eigenvalue weighted by Crippen LogP contribution is 2.43. The Morgan fingerprint density at radius 1 is 1.13 bits per heavy atom. The molecule has 1 heterocycles. The van der Waals surface area contributed by atoms with Crippen molar-refractivity contribution in [2.24, 2.45) is 4.99 Å². The van der Waals surface area contributed by atoms with Crippen molar-refractivity contribution in [1.29, 1.82) is 0 Å². The molecule has 30 heavy (non-hydrogen) atoms. The first-order chi connectivity index (χ1) is 14.5. The van der Waals surface area contributed by atoms with Crippen LogP contribution in [-0.4, -0.2) is 27.4 Å². The molecule has 0 bridgehead atoms. The first-order valence-corrected chi connectivity index (χ1v) is 10.8. The maximum atomic E-state index is 12.3. The molecular weight excluding hydrogens is 393 g/mol. The summed E-state index contributed by atoms with van der Waals surface area (Å²) in [6.07, 6.45) is 5.84. The molecule has 5 nitrogen and oxygen atoms in total. The predicted octanol–water partition coefficient (Wildman–Crippen LogP) is 4.38. The second-order valence-electron chi connectivity index (χ2n) is 7.93. The van der Waals surface area contributed by atoms with E-state index in [1.165, 1.54) is 22.9 Å². The van der Waals surface area contributed by atoms with Crippen LogP contribution in [-0.2, 0) is 12.0 Å². The second kappa shape index (κ2) is 8.53. The van der Waals surface area contributed by atoms with E-state index in [1.54, 1.807) is 11.7 Å². The molecule has 1 N–H and O–H groups in total. The summed E-state index contributed by atoms with van der Waals surface area (Å²) in [5.41, 5.74) is 3.71. The molecule has 4 rings (SSSR count). The zero-order chi connectivity index (χ0) is 21.1. The van der Waals surface area contributed by atoms with Gasteiger partial charge in [-0.1, -0.05) is 76.7 Å². The molecule has 1 unspecified atom stereocenters. The highest BCUT2D eigenvalue weighted by atomic mass is 31.0. The highest BCUT2D eigenvalue weighted by molar-refractivity contribution is 7.41. The fraction of sp³-hybridized carbons (Fsp3) is 0.292. The third-order valence-corrected chi connectivity index (χ3v) is 6.57. The SMILES string of the molecule is CN=C(P)c1nn(CC2(c3cccc(-c4ccccc4)c3)CCCC2)cc(O)c1=O. The molecule has 0 amide bonds. The summed E-state index contributed by atoms with van der Waals surface area (Å²) in [5, 5.41) is 14.7. The quantitative estimate of drug-likeness (QED) is 0.493. The zero-order valence-corrected chi connectivity index (χ0v) is 18.2. The lowest BCUT2D eigenvalue weighted by Crippen LogP contribution is -2.31. The molecule has 6 heteroatoms. The Morgan fingerprint density at radius 2 is 1.83 bits per heavy atom. The van der Waals surface area contributed by atoms with Crippen molar-refractivity contribution in [1.82, 2.24) is 9.78 Å². The van der Waals surface area contributed by atoms with Crippen LogP contribution >= 0.6 is 9.24 Å². The summed E-state index contributed by atoms with van der Waals surface area (Å²) < 4.78 is 1.71. The van der Waals surface area contributed by atoms with Crippen molar-refractivity contribution >= 4 is 14.7 Å². The Bertz CT molecular complexity index is 1130. The van der Waals surface area contributed by atoms with Gasteiger partial charge >= 0.3 is 0 Å². The van der Waals surface area contributed by atoms with Gasteiger partial charge in [-0.3, -0.25) is 14.5 Å². The van der Waals surface area contributed by atoms with E-state index in [0.29, 0.717) is 12.0 Å². The maximum absolute atomic E-state index is 12.3. The van der Waals surface area contributed by atoms with Crippen LogP contribution in [0.5, 0.6) is 5.75 Å². The van der Waals surface area contributed by atoms with Gasteiger partial charge in [0, 0.05) is 12.5 Å². The van der Waals surface area contributed by atoms with E-state index in [2.05, 4.69) is 67.9 Å². The summed E-state index contributed by atoms with van der Waals surface area (Å²) >= 11 is 0. The van der Waals surface area contributed by atoms with E-state index in [4.69, 9.17) is 0 Å². The van der Waals surface area contributed by atoms with Gasteiger partial charge < -0.3 is 5.11 Å². The molecule has 154 valence electrons. The van der Waals surface area contributed by atoms with Crippen molar-refractivity contribution < 1.29 is 5.11 Å². The topological polar surface area (TPSA) is 67.5 Å². The number of nitrogens with zero attached hydrogens (tertiary/aromatic N) is 3. The maximum Gasteiger partial charge on any atom is 0.251 e. The fourth-order valence-electron chi connectivity index (χ4n) is 4.44. The Kier molecular flexibility index (Phi) is 5.83. The summed E-state index contributed by atoms with van der Waals surface area (Å²) in [7, 11) is 4.02. The Balaban J connectivity index is 1.75. The number of benzene rings is 2. The predicted molar refractivity (Wildman–Crippen MR) is 124 cm³/mol. The van der Waals surface area contributed by atoms with E-state index < -0.39 is 5.43 Å². The zero-order valence-electron chi connectivity index (χ0n) is 17.1. The van der Waals surface area contributed by atoms with Gasteiger partial charge in [0.15, 0.2) is 11.4 Å². The highest BCUT2D eigenvalue weighted by Gasteiger charge is 2.36. The summed E-state index contributed by atoms with van der Waals surface area (Å²) in [6.45, 7) is 0.605. The van der Waals surface area contributed by atoms with E-state index in [-0.39, 0.29) is 16.9 Å². The third-order valence-electron chi connectivity index (χ3n) is 6.04. The van der Waals surface area contributed by atoms with Crippen LogP contribution in [0, 0.1) is 0 Å². The molecule has 0 spiro atoms. The summed E-state index contributed by atoms with van der Waals surface area (Å²) in [6, 6.07) is 19.1. The van der Waals surface area contributed by atoms with Crippen molar-refractivity contribution in [3.05, 3.63) is 82.3 Å². The monoisotopic (exact) mass is 419 g/mol. The van der Waals surface area contributed by atoms with E-state index in [9.17, 15) is 9.90 Å². The Hall–Kier alpha value is -2.78. The Morgan fingerprint density at radius 3 is 2.53 bits per heavy atom. The normalized spacial score (nSPS) is 16.0. The van der Waals surface area contributed by atoms with Crippen molar-refractivity contribution in [3.8, 4) is 16.9 Å². The number of rotatable bonds is 5. The third kappa shape index (κ3) is 3.95. The van der Waals surface area contributed by atoms with Crippen LogP contribution < -0.4 is 5.43 Å². The molecular formula is C24H26N3O2P. The standard InChI is InChI=1S/C24H26N3O2P/c1-25-23(30)21-22(29)20(28)15-27(26-21)16-24(12-5-6-13-24)19-11-7-10-18(14-19)17-8-3-2-4-9-17/h2-4,7-11,14-15,28H,5-6,12-13,16,30H2,1H3. The average Bonchev–Trinajstić information content (AvgIpc) is 3.26. The Labute approximate surface area is 178 Å². The van der Waals surface area contributed by atoms with Gasteiger partial charge in [-0.15, -0.1) is 0 Å². The molecule has 1 saturated carbocycles. The van der Waals surface area contributed by atoms with Crippen LogP contribution in [0.2, 0.25) is 0 Å². The number of aromatic hydroxyl groups is 1. The van der Waals surface area contributed by atoms with Crippen molar-refractivity contribution in [2.75, 3.05) is 7.05 Å². The molecule has 1 atom stereocenters. The first kappa shape index (κ1) is 20.5. The number of aliphatic imine (C=N–C) groups is 1. The van der Waals surface area contributed by atoms with E-state index in [1.807, 2.05) is 6.07 Å². The second-order valence-corrected chi connectivity index (χ2v) is 8.48. The minimum atomic E-state index is -0.492. The van der Waals surface area contributed by atoms with Gasteiger partial charge in [0.1, 0.15) is 0 Å². The van der Waals surface area contributed by atoms with Crippen LogP contribution in [0.3, 0.4) is 0 Å². The molecule has 1 aliphatic rings. The fourth-order valence-corrected chi connectivity index (χ4v) is 4.63. The molecule has 1 aromatic heterocycles. The lowest BCUT2D eigenvalue weighted by Gasteiger charge is -2.31. The summed E-state index contributed by atoms with van der Waals surface area (Å²) in [5.74, 6) is -0.296. The van der Waals surface area contributed by atoms with E-state index >= 15 is 0 Å². The van der Waals surface area contributed by atoms with Gasteiger partial charge in [0.05, 0.1) is 18.2 Å². The molecule has 0 radical (unpaired) electrons. The number of aromatic nitrogens is 2. The molecule has 0 saturated heterocycles. The van der Waals surface area contributed by atoms with Gasteiger partial charge in [-0.25, -0.2) is 0 Å². The van der Waals surface area contributed by atoms with Gasteiger partial charge in [0.25, 0.3) is 5.43 Å². The smallest absolute Gasteiger partial charge is 0.251 e. The van der Waals surface area contributed by atoms with Gasteiger partial charge in [0.2, 0.25) is 0 Å². The molecule has 2 aromatic carbocycles. The lowest BCUT2D eigenvalue weighted by molar-refractivity contribution is 0.342. The number of hydrogen-bond donors (Lipinski definition) is 1. The van der Waals surface area contributed by atoms with Crippen LogP contribution in [0.4, 0.5) is 0 Å².